The zero-order valence-corrected chi connectivity index (χ0v) is 19.3. The molecule has 0 bridgehead atoms. The zero-order valence-electron chi connectivity index (χ0n) is 16.2. The Kier molecular flexibility index (Phi) is 7.65. The standard InChI is InChI=1S/C23H19Br2NO4/c1-15-6-5-9-19(10-15)29-14-21(27)30-22-17(11-18(24)12-20(22)25)13-26-23(28)16-7-3-2-4-8-16/h2-12H,13-14H2,1H3,(H,26,28). The van der Waals surface area contributed by atoms with Gasteiger partial charge in [0, 0.05) is 22.1 Å². The summed E-state index contributed by atoms with van der Waals surface area (Å²) < 4.78 is 12.4. The van der Waals surface area contributed by atoms with Gasteiger partial charge in [0.25, 0.3) is 5.91 Å². The third-order valence-electron chi connectivity index (χ3n) is 4.12. The highest BCUT2D eigenvalue weighted by molar-refractivity contribution is 9.11. The number of amides is 1. The van der Waals surface area contributed by atoms with E-state index in [4.69, 9.17) is 9.47 Å². The number of ether oxygens (including phenoxy) is 2. The summed E-state index contributed by atoms with van der Waals surface area (Å²) in [4.78, 5) is 24.7. The van der Waals surface area contributed by atoms with Crippen LogP contribution in [0.2, 0.25) is 0 Å². The third-order valence-corrected chi connectivity index (χ3v) is 5.17. The molecule has 0 aromatic heterocycles. The van der Waals surface area contributed by atoms with Gasteiger partial charge in [-0.25, -0.2) is 4.79 Å². The number of carbonyl (C=O) groups is 2. The summed E-state index contributed by atoms with van der Waals surface area (Å²) in [6.45, 7) is 1.90. The van der Waals surface area contributed by atoms with Crippen LogP contribution in [0.4, 0.5) is 0 Å². The first-order valence-electron chi connectivity index (χ1n) is 9.13. The Morgan fingerprint density at radius 3 is 2.47 bits per heavy atom. The molecule has 0 aliphatic rings. The largest absolute Gasteiger partial charge is 0.482 e. The van der Waals surface area contributed by atoms with Crippen molar-refractivity contribution >= 4 is 43.7 Å². The highest BCUT2D eigenvalue weighted by Gasteiger charge is 2.16. The highest BCUT2D eigenvalue weighted by atomic mass is 79.9. The van der Waals surface area contributed by atoms with Crippen molar-refractivity contribution in [1.29, 1.82) is 0 Å². The van der Waals surface area contributed by atoms with E-state index in [0.29, 0.717) is 27.1 Å². The Bertz CT molecular complexity index is 1050. The second-order valence-electron chi connectivity index (χ2n) is 6.50. The number of esters is 1. The molecule has 0 saturated heterocycles. The van der Waals surface area contributed by atoms with Gasteiger partial charge < -0.3 is 14.8 Å². The Hall–Kier alpha value is -2.64. The zero-order chi connectivity index (χ0) is 21.5. The molecule has 0 saturated carbocycles. The van der Waals surface area contributed by atoms with Crippen LogP contribution in [0.25, 0.3) is 0 Å². The summed E-state index contributed by atoms with van der Waals surface area (Å²) in [5.74, 6) is 0.170. The summed E-state index contributed by atoms with van der Waals surface area (Å²) in [7, 11) is 0. The van der Waals surface area contributed by atoms with Crippen LogP contribution in [0.1, 0.15) is 21.5 Å². The Morgan fingerprint density at radius 2 is 1.73 bits per heavy atom. The van der Waals surface area contributed by atoms with Crippen molar-refractivity contribution in [3.8, 4) is 11.5 Å². The van der Waals surface area contributed by atoms with Crippen LogP contribution in [0, 0.1) is 6.92 Å². The van der Waals surface area contributed by atoms with Gasteiger partial charge in [0.05, 0.1) is 4.47 Å². The number of carbonyl (C=O) groups excluding carboxylic acids is 2. The second kappa shape index (κ2) is 10.4. The lowest BCUT2D eigenvalue weighted by molar-refractivity contribution is -0.136. The maximum Gasteiger partial charge on any atom is 0.349 e. The van der Waals surface area contributed by atoms with Crippen molar-refractivity contribution in [3.05, 3.63) is 92.4 Å². The molecule has 0 heterocycles. The lowest BCUT2D eigenvalue weighted by Crippen LogP contribution is -2.24. The predicted octanol–water partition coefficient (Wildman–Crippen LogP) is 5.43. The van der Waals surface area contributed by atoms with Crippen LogP contribution in [0.5, 0.6) is 11.5 Å². The van der Waals surface area contributed by atoms with Crippen molar-refractivity contribution in [2.45, 2.75) is 13.5 Å². The molecule has 7 heteroatoms. The lowest BCUT2D eigenvalue weighted by Gasteiger charge is -2.14. The van der Waals surface area contributed by atoms with Crippen LogP contribution in [0.3, 0.4) is 0 Å². The van der Waals surface area contributed by atoms with Crippen molar-refractivity contribution in [1.82, 2.24) is 5.32 Å². The van der Waals surface area contributed by atoms with Crippen LogP contribution in [-0.2, 0) is 11.3 Å². The molecule has 1 N–H and O–H groups in total. The van der Waals surface area contributed by atoms with E-state index in [9.17, 15) is 9.59 Å². The van der Waals surface area contributed by atoms with Gasteiger partial charge in [-0.05, 0) is 64.8 Å². The first-order valence-corrected chi connectivity index (χ1v) is 10.7. The van der Waals surface area contributed by atoms with Gasteiger partial charge in [-0.15, -0.1) is 0 Å². The number of benzene rings is 3. The van der Waals surface area contributed by atoms with E-state index < -0.39 is 5.97 Å². The van der Waals surface area contributed by atoms with E-state index in [2.05, 4.69) is 37.2 Å². The Balaban J connectivity index is 1.68. The summed E-state index contributed by atoms with van der Waals surface area (Å²) in [5.41, 5.74) is 2.23. The first-order chi connectivity index (χ1) is 14.4. The maximum absolute atomic E-state index is 12.4. The fourth-order valence-electron chi connectivity index (χ4n) is 2.72. The topological polar surface area (TPSA) is 64.6 Å². The molecule has 0 fully saturated rings. The van der Waals surface area contributed by atoms with Gasteiger partial charge >= 0.3 is 5.97 Å². The van der Waals surface area contributed by atoms with Crippen molar-refractivity contribution in [3.63, 3.8) is 0 Å². The van der Waals surface area contributed by atoms with Gasteiger partial charge in [-0.3, -0.25) is 4.79 Å². The van der Waals surface area contributed by atoms with Crippen LogP contribution in [0.15, 0.2) is 75.7 Å². The Morgan fingerprint density at radius 1 is 0.967 bits per heavy atom. The molecular weight excluding hydrogens is 514 g/mol. The molecule has 3 aromatic rings. The van der Waals surface area contributed by atoms with E-state index in [-0.39, 0.29) is 19.1 Å². The molecular formula is C23H19Br2NO4. The molecule has 3 aromatic carbocycles. The van der Waals surface area contributed by atoms with E-state index in [0.717, 1.165) is 10.0 Å². The van der Waals surface area contributed by atoms with Gasteiger partial charge in [-0.2, -0.15) is 0 Å². The summed E-state index contributed by atoms with van der Waals surface area (Å²) in [5, 5.41) is 2.84. The number of hydrogen-bond acceptors (Lipinski definition) is 4. The van der Waals surface area contributed by atoms with Crippen LogP contribution < -0.4 is 14.8 Å². The minimum Gasteiger partial charge on any atom is -0.482 e. The van der Waals surface area contributed by atoms with E-state index in [1.54, 1.807) is 42.5 Å². The van der Waals surface area contributed by atoms with E-state index in [1.807, 2.05) is 31.2 Å². The number of hydrogen-bond donors (Lipinski definition) is 1. The molecule has 0 atom stereocenters. The number of halogens is 2. The fourth-order valence-corrected chi connectivity index (χ4v) is 4.11. The van der Waals surface area contributed by atoms with Gasteiger partial charge in [0.1, 0.15) is 11.5 Å². The average molecular weight is 533 g/mol. The van der Waals surface area contributed by atoms with Gasteiger partial charge in [0.2, 0.25) is 0 Å². The molecule has 5 nitrogen and oxygen atoms in total. The number of aryl methyl sites for hydroxylation is 1. The molecule has 0 unspecified atom stereocenters. The quantitative estimate of drug-likeness (QED) is 0.325. The number of nitrogens with one attached hydrogen (secondary N) is 1. The smallest absolute Gasteiger partial charge is 0.349 e. The molecule has 0 spiro atoms. The Labute approximate surface area is 191 Å². The average Bonchev–Trinajstić information content (AvgIpc) is 2.73. The minimum absolute atomic E-state index is 0.188. The van der Waals surface area contributed by atoms with Gasteiger partial charge in [-0.1, -0.05) is 46.3 Å². The lowest BCUT2D eigenvalue weighted by atomic mass is 10.1. The molecule has 1 amide bonds. The molecule has 0 radical (unpaired) electrons. The van der Waals surface area contributed by atoms with Crippen molar-refractivity contribution in [2.75, 3.05) is 6.61 Å². The summed E-state index contributed by atoms with van der Waals surface area (Å²) in [6.07, 6.45) is 0. The molecule has 30 heavy (non-hydrogen) atoms. The molecule has 154 valence electrons. The highest BCUT2D eigenvalue weighted by Crippen LogP contribution is 2.33. The van der Waals surface area contributed by atoms with Crippen molar-refractivity contribution in [2.24, 2.45) is 0 Å². The maximum atomic E-state index is 12.4. The SMILES string of the molecule is Cc1cccc(OCC(=O)Oc2c(Br)cc(Br)cc2CNC(=O)c2ccccc2)c1. The third kappa shape index (κ3) is 6.18. The fraction of sp³-hybridized carbons (Fsp3) is 0.130. The molecule has 0 aliphatic heterocycles. The second-order valence-corrected chi connectivity index (χ2v) is 8.27. The molecule has 0 aliphatic carbocycles. The predicted molar refractivity (Wildman–Crippen MR) is 122 cm³/mol. The normalized spacial score (nSPS) is 10.4. The van der Waals surface area contributed by atoms with Crippen LogP contribution in [-0.4, -0.2) is 18.5 Å². The van der Waals surface area contributed by atoms with Gasteiger partial charge in [0.15, 0.2) is 6.61 Å². The summed E-state index contributed by atoms with van der Waals surface area (Å²) >= 11 is 6.85. The minimum atomic E-state index is -0.546. The molecule has 3 rings (SSSR count). The first kappa shape index (κ1) is 22.1. The van der Waals surface area contributed by atoms with E-state index >= 15 is 0 Å². The summed E-state index contributed by atoms with van der Waals surface area (Å²) in [6, 6.07) is 19.9. The number of rotatable bonds is 7. The van der Waals surface area contributed by atoms with E-state index in [1.165, 1.54) is 0 Å². The monoisotopic (exact) mass is 531 g/mol. The van der Waals surface area contributed by atoms with Crippen LogP contribution >= 0.6 is 31.9 Å². The van der Waals surface area contributed by atoms with Crippen molar-refractivity contribution < 1.29 is 19.1 Å².